The van der Waals surface area contributed by atoms with Crippen LogP contribution in [-0.2, 0) is 19.1 Å². The number of rotatable bonds is 10. The second-order valence-electron chi connectivity index (χ2n) is 7.37. The summed E-state index contributed by atoms with van der Waals surface area (Å²) in [6, 6.07) is 2.89. The fraction of sp³-hybridized carbons (Fsp3) is 0.409. The Hall–Kier alpha value is -3.38. The van der Waals surface area contributed by atoms with Crippen LogP contribution in [0.1, 0.15) is 30.9 Å². The van der Waals surface area contributed by atoms with Gasteiger partial charge >= 0.3 is 11.9 Å². The molecule has 1 unspecified atom stereocenters. The number of anilines is 1. The quantitative estimate of drug-likeness (QED) is 0.164. The first kappa shape index (κ1) is 26.9. The maximum atomic E-state index is 12.7. The van der Waals surface area contributed by atoms with Gasteiger partial charge in [-0.2, -0.15) is 0 Å². The predicted molar refractivity (Wildman–Crippen MR) is 131 cm³/mol. The molecule has 1 aromatic carbocycles. The highest BCUT2D eigenvalue weighted by Gasteiger charge is 2.38. The van der Waals surface area contributed by atoms with Crippen LogP contribution >= 0.6 is 11.8 Å². The van der Waals surface area contributed by atoms with Gasteiger partial charge in [-0.3, -0.25) is 20.0 Å². The van der Waals surface area contributed by atoms with Gasteiger partial charge in [0.1, 0.15) is 16.1 Å². The number of aliphatic imine (C=N–C) groups is 1. The average molecular weight is 493 g/mol. The zero-order chi connectivity index (χ0) is 25.4. The van der Waals surface area contributed by atoms with Gasteiger partial charge in [0, 0.05) is 23.9 Å². The molecule has 0 spiro atoms. The van der Waals surface area contributed by atoms with E-state index >= 15 is 0 Å². The highest BCUT2D eigenvalue weighted by atomic mass is 32.2. The number of hydrogen-bond acceptors (Lipinski definition) is 11. The minimum Gasteiger partial charge on any atom is -0.516 e. The number of nitrogens with zero attached hydrogens (tertiary/aromatic N) is 3. The van der Waals surface area contributed by atoms with Crippen LogP contribution in [-0.4, -0.2) is 72.9 Å². The van der Waals surface area contributed by atoms with E-state index in [1.165, 1.54) is 26.4 Å². The number of nitrogens with one attached hydrogen (secondary N) is 1. The third kappa shape index (κ3) is 5.75. The van der Waals surface area contributed by atoms with Crippen molar-refractivity contribution >= 4 is 46.2 Å². The highest BCUT2D eigenvalue weighted by molar-refractivity contribution is 8.18. The Morgan fingerprint density at radius 3 is 2.50 bits per heavy atom. The van der Waals surface area contributed by atoms with Crippen molar-refractivity contribution in [2.75, 3.05) is 40.2 Å². The predicted octanol–water partition coefficient (Wildman–Crippen LogP) is 3.32. The topological polar surface area (TPSA) is 144 Å². The van der Waals surface area contributed by atoms with E-state index in [4.69, 9.17) is 9.47 Å². The molecule has 1 atom stereocenters. The maximum Gasteiger partial charge on any atom is 0.345 e. The molecule has 1 aliphatic heterocycles. The smallest absolute Gasteiger partial charge is 0.345 e. The van der Waals surface area contributed by atoms with Crippen molar-refractivity contribution in [3.63, 3.8) is 0 Å². The number of methoxy groups -OCH3 is 2. The highest BCUT2D eigenvalue weighted by Crippen LogP contribution is 2.40. The van der Waals surface area contributed by atoms with Crippen molar-refractivity contribution in [3.05, 3.63) is 50.1 Å². The second kappa shape index (κ2) is 12.2. The number of carbonyl (C=O) groups excluding carboxylic acids is 2. The fourth-order valence-corrected chi connectivity index (χ4v) is 4.43. The van der Waals surface area contributed by atoms with Crippen LogP contribution in [0.5, 0.6) is 0 Å². The number of likely N-dealkylation sites (N-methyl/N-ethyl adjacent to an activating group) is 1. The first-order chi connectivity index (χ1) is 16.2. The molecule has 0 fully saturated rings. The summed E-state index contributed by atoms with van der Waals surface area (Å²) >= 11 is 0.854. The number of aliphatic hydroxyl groups excluding tert-OH is 1. The first-order valence-corrected chi connectivity index (χ1v) is 11.2. The summed E-state index contributed by atoms with van der Waals surface area (Å²) in [4.78, 5) is 42.6. The molecule has 0 amide bonds. The maximum absolute atomic E-state index is 12.7. The van der Waals surface area contributed by atoms with Crippen molar-refractivity contribution in [3.8, 4) is 0 Å². The number of esters is 2. The molecule has 0 aromatic heterocycles. The lowest BCUT2D eigenvalue weighted by atomic mass is 10.0. The summed E-state index contributed by atoms with van der Waals surface area (Å²) in [5, 5.41) is 24.7. The summed E-state index contributed by atoms with van der Waals surface area (Å²) in [5.41, 5.74) is 0.689. The Labute approximate surface area is 201 Å². The SMILES string of the molecule is CCCCNc1ccc([N+](=O)[O-])c(C=CO)c1C1=NC(N(C)C)C(C(=O)OC)=C(C(=O)OC)S1. The molecule has 0 saturated carbocycles. The molecule has 2 N–H and O–H groups in total. The van der Waals surface area contributed by atoms with Crippen LogP contribution in [0.25, 0.3) is 6.08 Å². The van der Waals surface area contributed by atoms with Crippen LogP contribution < -0.4 is 5.32 Å². The van der Waals surface area contributed by atoms with Crippen LogP contribution in [0.2, 0.25) is 0 Å². The lowest BCUT2D eigenvalue weighted by molar-refractivity contribution is -0.385. The van der Waals surface area contributed by atoms with Crippen LogP contribution in [0.4, 0.5) is 11.4 Å². The molecular formula is C22H28N4O7S. The number of aliphatic hydroxyl groups is 1. The summed E-state index contributed by atoms with van der Waals surface area (Å²) in [6.45, 7) is 2.62. The standard InChI is InChI=1S/C22H28N4O7S/c1-6-7-11-23-14-8-9-15(26(30)31)13(10-12-27)16(14)20-24-19(25(2)3)17(21(28)32-4)18(34-20)22(29)33-5/h8-10,12,19,23,27H,6-7,11H2,1-5H3. The number of unbranched alkanes of at least 4 members (excludes halogenated alkanes) is 1. The van der Waals surface area contributed by atoms with Crippen molar-refractivity contribution in [1.29, 1.82) is 0 Å². The molecule has 1 aliphatic rings. The first-order valence-electron chi connectivity index (χ1n) is 10.4. The Morgan fingerprint density at radius 1 is 1.29 bits per heavy atom. The molecule has 1 heterocycles. The normalized spacial score (nSPS) is 15.9. The van der Waals surface area contributed by atoms with Gasteiger partial charge in [0.25, 0.3) is 5.69 Å². The van der Waals surface area contributed by atoms with Gasteiger partial charge in [-0.15, -0.1) is 0 Å². The molecule has 1 aromatic rings. The fourth-order valence-electron chi connectivity index (χ4n) is 3.30. The van der Waals surface area contributed by atoms with Gasteiger partial charge < -0.3 is 19.9 Å². The number of hydrogen-bond donors (Lipinski definition) is 2. The van der Waals surface area contributed by atoms with E-state index in [9.17, 15) is 24.8 Å². The zero-order valence-electron chi connectivity index (χ0n) is 19.7. The zero-order valence-corrected chi connectivity index (χ0v) is 20.5. The molecule has 11 nitrogen and oxygen atoms in total. The number of nitro benzene ring substituents is 1. The third-order valence-electron chi connectivity index (χ3n) is 4.93. The number of carbonyl (C=O) groups is 2. The summed E-state index contributed by atoms with van der Waals surface area (Å²) in [5.74, 6) is -1.51. The largest absolute Gasteiger partial charge is 0.516 e. The summed E-state index contributed by atoms with van der Waals surface area (Å²) in [7, 11) is 5.72. The van der Waals surface area contributed by atoms with Crippen molar-refractivity contribution in [2.24, 2.45) is 4.99 Å². The molecular weight excluding hydrogens is 464 g/mol. The summed E-state index contributed by atoms with van der Waals surface area (Å²) in [6.07, 6.45) is 2.75. The van der Waals surface area contributed by atoms with Gasteiger partial charge in [-0.05, 0) is 32.7 Å². The van der Waals surface area contributed by atoms with E-state index in [2.05, 4.69) is 10.3 Å². The van der Waals surface area contributed by atoms with E-state index in [1.807, 2.05) is 6.92 Å². The van der Waals surface area contributed by atoms with E-state index in [0.29, 0.717) is 24.1 Å². The number of nitro groups is 1. The number of ether oxygens (including phenoxy) is 2. The molecule has 0 radical (unpaired) electrons. The molecule has 12 heteroatoms. The van der Waals surface area contributed by atoms with Crippen molar-refractivity contribution in [2.45, 2.75) is 25.9 Å². The Balaban J connectivity index is 2.84. The van der Waals surface area contributed by atoms with Crippen LogP contribution in [0.15, 0.2) is 33.9 Å². The lowest BCUT2D eigenvalue weighted by Crippen LogP contribution is -2.37. The van der Waals surface area contributed by atoms with Gasteiger partial charge in [0.15, 0.2) is 0 Å². The van der Waals surface area contributed by atoms with Crippen molar-refractivity contribution < 1.29 is 29.1 Å². The minimum absolute atomic E-state index is 0.00160. The monoisotopic (exact) mass is 492 g/mol. The Bertz CT molecular complexity index is 1050. The second-order valence-corrected chi connectivity index (χ2v) is 8.37. The summed E-state index contributed by atoms with van der Waals surface area (Å²) < 4.78 is 9.78. The van der Waals surface area contributed by atoms with Gasteiger partial charge in [-0.25, -0.2) is 9.59 Å². The van der Waals surface area contributed by atoms with Crippen molar-refractivity contribution in [1.82, 2.24) is 4.90 Å². The third-order valence-corrected chi connectivity index (χ3v) is 6.02. The van der Waals surface area contributed by atoms with E-state index < -0.39 is 23.0 Å². The Kier molecular flexibility index (Phi) is 9.63. The van der Waals surface area contributed by atoms with E-state index in [-0.39, 0.29) is 26.8 Å². The van der Waals surface area contributed by atoms with E-state index in [0.717, 1.165) is 24.6 Å². The molecule has 2 rings (SSSR count). The molecule has 34 heavy (non-hydrogen) atoms. The molecule has 0 bridgehead atoms. The number of thioether (sulfide) groups is 1. The van der Waals surface area contributed by atoms with Crippen LogP contribution in [0, 0.1) is 10.1 Å². The Morgan fingerprint density at radius 2 is 1.97 bits per heavy atom. The van der Waals surface area contributed by atoms with Crippen LogP contribution in [0.3, 0.4) is 0 Å². The minimum atomic E-state index is -0.925. The van der Waals surface area contributed by atoms with Gasteiger partial charge in [-0.1, -0.05) is 25.1 Å². The molecule has 0 aliphatic carbocycles. The van der Waals surface area contributed by atoms with E-state index in [1.54, 1.807) is 25.1 Å². The lowest BCUT2D eigenvalue weighted by Gasteiger charge is -2.29. The molecule has 184 valence electrons. The average Bonchev–Trinajstić information content (AvgIpc) is 2.82. The molecule has 0 saturated heterocycles. The number of benzene rings is 1. The van der Waals surface area contributed by atoms with Gasteiger partial charge in [0.05, 0.1) is 36.5 Å². The van der Waals surface area contributed by atoms with Gasteiger partial charge in [0.2, 0.25) is 0 Å².